The van der Waals surface area contributed by atoms with Gasteiger partial charge in [-0.2, -0.15) is 0 Å². The topological polar surface area (TPSA) is 68.2 Å². The van der Waals surface area contributed by atoms with E-state index in [9.17, 15) is 14.4 Å². The number of nitrogens with one attached hydrogen (secondary N) is 1. The molecule has 0 fully saturated rings. The average molecular weight is 421 g/mol. The zero-order valence-corrected chi connectivity index (χ0v) is 18.7. The molecule has 28 heavy (non-hydrogen) atoms. The molecular weight excluding hydrogens is 392 g/mol. The number of hydrogen-bond donors (Lipinski definition) is 1. The highest BCUT2D eigenvalue weighted by Gasteiger charge is 2.20. The Morgan fingerprint density at radius 3 is 2.61 bits per heavy atom. The summed E-state index contributed by atoms with van der Waals surface area (Å²) in [6, 6.07) is 3.89. The van der Waals surface area contributed by atoms with Gasteiger partial charge in [0.1, 0.15) is 11.2 Å². The van der Waals surface area contributed by atoms with Crippen LogP contribution < -0.4 is 20.1 Å². The largest absolute Gasteiger partial charge is 0.352 e. The number of ketones is 1. The Hall–Kier alpha value is -1.99. The Morgan fingerprint density at radius 2 is 2.04 bits per heavy atom. The Morgan fingerprint density at radius 1 is 1.32 bits per heavy atom. The Bertz CT molecular complexity index is 992. The molecule has 0 radical (unpaired) electrons. The standard InChI is InChI=1S/C21H28N2O3S2/c1-6-8-14(2)22-18(25)13-23-19(12-17(24)21(3,4)5)28-16(20(23)26)11-15-9-7-10-27-15/h7,9-12,14H,6,8,13H2,1-5H3,(H,22,25)/b16-11+,19-12-/t14-/m0/s1. The van der Waals surface area contributed by atoms with E-state index in [1.54, 1.807) is 0 Å². The van der Waals surface area contributed by atoms with Gasteiger partial charge >= 0.3 is 0 Å². The maximum atomic E-state index is 12.9. The van der Waals surface area contributed by atoms with Crippen LogP contribution in [0.25, 0.3) is 12.2 Å². The number of rotatable bonds is 7. The van der Waals surface area contributed by atoms with E-state index < -0.39 is 5.41 Å². The molecule has 0 saturated heterocycles. The highest BCUT2D eigenvalue weighted by Crippen LogP contribution is 2.15. The van der Waals surface area contributed by atoms with Crippen LogP contribution in [-0.2, 0) is 16.1 Å². The van der Waals surface area contributed by atoms with Gasteiger partial charge in [-0.15, -0.1) is 22.7 Å². The summed E-state index contributed by atoms with van der Waals surface area (Å²) in [6.07, 6.45) is 5.15. The van der Waals surface area contributed by atoms with Gasteiger partial charge in [0.2, 0.25) is 5.91 Å². The van der Waals surface area contributed by atoms with Crippen LogP contribution in [0.2, 0.25) is 0 Å². The number of carbonyl (C=O) groups excluding carboxylic acids is 2. The van der Waals surface area contributed by atoms with E-state index in [-0.39, 0.29) is 29.8 Å². The molecule has 152 valence electrons. The van der Waals surface area contributed by atoms with Crippen molar-refractivity contribution in [1.82, 2.24) is 9.88 Å². The minimum absolute atomic E-state index is 0.0487. The highest BCUT2D eigenvalue weighted by molar-refractivity contribution is 7.11. The van der Waals surface area contributed by atoms with E-state index in [0.29, 0.717) is 9.20 Å². The molecule has 0 unspecified atom stereocenters. The number of hydrogen-bond acceptors (Lipinski definition) is 5. The minimum atomic E-state index is -0.555. The van der Waals surface area contributed by atoms with Crippen LogP contribution in [0.1, 0.15) is 52.3 Å². The molecule has 2 aromatic heterocycles. The zero-order chi connectivity index (χ0) is 20.9. The third kappa shape index (κ3) is 6.01. The predicted molar refractivity (Wildman–Crippen MR) is 117 cm³/mol. The normalized spacial score (nSPS) is 14.3. The lowest BCUT2D eigenvalue weighted by molar-refractivity contribution is -0.122. The fourth-order valence-electron chi connectivity index (χ4n) is 2.59. The predicted octanol–water partition coefficient (Wildman–Crippen LogP) is 2.50. The number of thiophene rings is 1. The molecule has 1 N–H and O–H groups in total. The van der Waals surface area contributed by atoms with Crippen molar-refractivity contribution in [3.05, 3.63) is 41.9 Å². The van der Waals surface area contributed by atoms with Gasteiger partial charge in [0.25, 0.3) is 5.56 Å². The fourth-order valence-corrected chi connectivity index (χ4v) is 4.36. The summed E-state index contributed by atoms with van der Waals surface area (Å²) in [6.45, 7) is 9.41. The van der Waals surface area contributed by atoms with Gasteiger partial charge < -0.3 is 5.32 Å². The van der Waals surface area contributed by atoms with Crippen molar-refractivity contribution in [3.8, 4) is 0 Å². The van der Waals surface area contributed by atoms with Crippen molar-refractivity contribution in [1.29, 1.82) is 0 Å². The molecule has 5 nitrogen and oxygen atoms in total. The van der Waals surface area contributed by atoms with E-state index in [0.717, 1.165) is 17.7 Å². The van der Waals surface area contributed by atoms with Crippen LogP contribution in [0.15, 0.2) is 22.3 Å². The molecule has 0 aromatic carbocycles. The van der Waals surface area contributed by atoms with Crippen molar-refractivity contribution >= 4 is 46.5 Å². The SMILES string of the molecule is CCC[C@H](C)NC(=O)Cn1c(=O)/c(=C\c2cccs2)s/c1=C\C(=O)C(C)(C)C. The molecule has 0 aliphatic carbocycles. The zero-order valence-electron chi connectivity index (χ0n) is 17.1. The Kier molecular flexibility index (Phi) is 7.55. The van der Waals surface area contributed by atoms with Crippen LogP contribution in [0.5, 0.6) is 0 Å². The van der Waals surface area contributed by atoms with Crippen molar-refractivity contribution in [2.75, 3.05) is 0 Å². The number of Topliss-reactive ketones (excluding diaryl/α,β-unsaturated/α-hetero) is 1. The second kappa shape index (κ2) is 9.47. The van der Waals surface area contributed by atoms with Gasteiger partial charge in [0, 0.05) is 22.4 Å². The van der Waals surface area contributed by atoms with Gasteiger partial charge in [-0.25, -0.2) is 0 Å². The lowest BCUT2D eigenvalue weighted by atomic mass is 9.91. The van der Waals surface area contributed by atoms with Crippen LogP contribution in [0.4, 0.5) is 0 Å². The van der Waals surface area contributed by atoms with Crippen molar-refractivity contribution in [2.45, 2.75) is 60.0 Å². The molecular formula is C21H28N2O3S2. The first kappa shape index (κ1) is 22.3. The monoisotopic (exact) mass is 420 g/mol. The lowest BCUT2D eigenvalue weighted by Gasteiger charge is -2.14. The molecule has 0 saturated carbocycles. The average Bonchev–Trinajstić information content (AvgIpc) is 3.18. The molecule has 0 spiro atoms. The molecule has 1 atom stereocenters. The summed E-state index contributed by atoms with van der Waals surface area (Å²) >= 11 is 2.78. The summed E-state index contributed by atoms with van der Waals surface area (Å²) in [4.78, 5) is 38.8. The summed E-state index contributed by atoms with van der Waals surface area (Å²) in [7, 11) is 0. The summed E-state index contributed by atoms with van der Waals surface area (Å²) in [5.41, 5.74) is -0.801. The first-order chi connectivity index (χ1) is 13.1. The number of aromatic nitrogens is 1. The number of thiazole rings is 1. The fraction of sp³-hybridized carbons (Fsp3) is 0.476. The maximum Gasteiger partial charge on any atom is 0.269 e. The Balaban J connectivity index is 2.48. The van der Waals surface area contributed by atoms with Gasteiger partial charge in [-0.1, -0.05) is 40.2 Å². The van der Waals surface area contributed by atoms with E-state index >= 15 is 0 Å². The molecule has 0 aliphatic heterocycles. The van der Waals surface area contributed by atoms with E-state index in [4.69, 9.17) is 0 Å². The molecule has 1 amide bonds. The lowest BCUT2D eigenvalue weighted by Crippen LogP contribution is -2.41. The smallest absolute Gasteiger partial charge is 0.269 e. The minimum Gasteiger partial charge on any atom is -0.352 e. The number of amides is 1. The first-order valence-corrected chi connectivity index (χ1v) is 11.1. The molecule has 0 bridgehead atoms. The summed E-state index contributed by atoms with van der Waals surface area (Å²) in [5, 5.41) is 4.86. The Labute approximate surface area is 173 Å². The number of carbonyl (C=O) groups is 2. The van der Waals surface area contributed by atoms with Gasteiger partial charge in [-0.05, 0) is 30.9 Å². The van der Waals surface area contributed by atoms with Crippen molar-refractivity contribution in [2.24, 2.45) is 5.41 Å². The van der Waals surface area contributed by atoms with Crippen LogP contribution in [0, 0.1) is 5.41 Å². The molecule has 2 aromatic rings. The van der Waals surface area contributed by atoms with Gasteiger partial charge in [0.15, 0.2) is 5.78 Å². The van der Waals surface area contributed by atoms with Crippen molar-refractivity contribution < 1.29 is 9.59 Å². The van der Waals surface area contributed by atoms with Crippen LogP contribution >= 0.6 is 22.7 Å². The van der Waals surface area contributed by atoms with Crippen LogP contribution in [0.3, 0.4) is 0 Å². The summed E-state index contributed by atoms with van der Waals surface area (Å²) < 4.78 is 2.43. The summed E-state index contributed by atoms with van der Waals surface area (Å²) in [5.74, 6) is -0.300. The number of nitrogens with zero attached hydrogens (tertiary/aromatic N) is 1. The molecule has 2 heterocycles. The molecule has 2 rings (SSSR count). The van der Waals surface area contributed by atoms with E-state index in [2.05, 4.69) is 12.2 Å². The third-order valence-electron chi connectivity index (χ3n) is 4.18. The second-order valence-electron chi connectivity index (χ2n) is 7.87. The van der Waals surface area contributed by atoms with E-state index in [1.807, 2.05) is 51.3 Å². The quantitative estimate of drug-likeness (QED) is 0.748. The molecule has 0 aliphatic rings. The first-order valence-electron chi connectivity index (χ1n) is 9.42. The van der Waals surface area contributed by atoms with Gasteiger partial charge in [0.05, 0.1) is 4.53 Å². The van der Waals surface area contributed by atoms with Crippen LogP contribution in [-0.4, -0.2) is 22.3 Å². The van der Waals surface area contributed by atoms with Crippen molar-refractivity contribution in [3.63, 3.8) is 0 Å². The molecule has 7 heteroatoms. The van der Waals surface area contributed by atoms with E-state index in [1.165, 1.54) is 33.3 Å². The highest BCUT2D eigenvalue weighted by atomic mass is 32.1. The third-order valence-corrected chi connectivity index (χ3v) is 6.06. The van der Waals surface area contributed by atoms with Gasteiger partial charge in [-0.3, -0.25) is 19.0 Å². The maximum absolute atomic E-state index is 12.9. The second-order valence-corrected chi connectivity index (χ2v) is 9.91.